The van der Waals surface area contributed by atoms with Crippen LogP contribution in [0.15, 0.2) is 67.0 Å². The van der Waals surface area contributed by atoms with Crippen LogP contribution in [0.25, 0.3) is 5.69 Å². The van der Waals surface area contributed by atoms with Gasteiger partial charge in [0.2, 0.25) is 0 Å². The standard InChI is InChI=1S/C25H25N5O2/c1-29-16-15-26-24(29)22(17-11-13-19(32-2)14-12-17)27-25(31)23-20-9-6-10-21(20)30(28-23)18-7-4-3-5-8-18/h3-5,7-8,11-16,22H,6,9-10H2,1-2H3,(H,27,31)/t22-/m1/s1. The van der Waals surface area contributed by atoms with Crippen molar-refractivity contribution >= 4 is 5.91 Å². The molecule has 2 aromatic carbocycles. The number of imidazole rings is 1. The summed E-state index contributed by atoms with van der Waals surface area (Å²) in [4.78, 5) is 18.0. The molecule has 1 aliphatic carbocycles. The molecule has 0 unspecified atom stereocenters. The Kier molecular flexibility index (Phi) is 5.23. The summed E-state index contributed by atoms with van der Waals surface area (Å²) in [5, 5.41) is 7.92. The fourth-order valence-corrected chi connectivity index (χ4v) is 4.35. The number of benzene rings is 2. The molecular formula is C25H25N5O2. The number of rotatable bonds is 6. The minimum atomic E-state index is -0.410. The lowest BCUT2D eigenvalue weighted by Gasteiger charge is -2.19. The zero-order chi connectivity index (χ0) is 22.1. The highest BCUT2D eigenvalue weighted by atomic mass is 16.5. The molecule has 0 spiro atoms. The van der Waals surface area contributed by atoms with Crippen LogP contribution < -0.4 is 10.1 Å². The molecule has 0 radical (unpaired) electrons. The van der Waals surface area contributed by atoms with Gasteiger partial charge in [-0.1, -0.05) is 30.3 Å². The summed E-state index contributed by atoms with van der Waals surface area (Å²) < 4.78 is 9.12. The zero-order valence-electron chi connectivity index (χ0n) is 18.2. The van der Waals surface area contributed by atoms with Crippen LogP contribution in [0, 0.1) is 0 Å². The lowest BCUT2D eigenvalue weighted by atomic mass is 10.0. The maximum atomic E-state index is 13.5. The Hall–Kier alpha value is -3.87. The van der Waals surface area contributed by atoms with Gasteiger partial charge in [-0.3, -0.25) is 4.79 Å². The molecule has 7 nitrogen and oxygen atoms in total. The average molecular weight is 428 g/mol. The van der Waals surface area contributed by atoms with Gasteiger partial charge in [0.05, 0.1) is 12.8 Å². The van der Waals surface area contributed by atoms with E-state index in [9.17, 15) is 4.79 Å². The van der Waals surface area contributed by atoms with Gasteiger partial charge in [-0.2, -0.15) is 5.10 Å². The largest absolute Gasteiger partial charge is 0.497 e. The third kappa shape index (κ3) is 3.56. The number of methoxy groups -OCH3 is 1. The molecule has 0 saturated heterocycles. The number of para-hydroxylation sites is 1. The van der Waals surface area contributed by atoms with E-state index in [1.54, 1.807) is 13.3 Å². The van der Waals surface area contributed by atoms with Crippen LogP contribution in [0.5, 0.6) is 5.75 Å². The Balaban J connectivity index is 1.51. The third-order valence-electron chi connectivity index (χ3n) is 5.99. The number of ether oxygens (including phenoxy) is 1. The first-order valence-electron chi connectivity index (χ1n) is 10.7. The predicted molar refractivity (Wildman–Crippen MR) is 121 cm³/mol. The van der Waals surface area contributed by atoms with Crippen molar-refractivity contribution in [2.45, 2.75) is 25.3 Å². The Morgan fingerprint density at radius 2 is 1.88 bits per heavy atom. The van der Waals surface area contributed by atoms with E-state index in [2.05, 4.69) is 10.3 Å². The second kappa shape index (κ2) is 8.34. The van der Waals surface area contributed by atoms with E-state index < -0.39 is 6.04 Å². The van der Waals surface area contributed by atoms with E-state index in [0.29, 0.717) is 5.69 Å². The number of aromatic nitrogens is 4. The molecule has 0 aliphatic heterocycles. The average Bonchev–Trinajstić information content (AvgIpc) is 3.55. The van der Waals surface area contributed by atoms with Gasteiger partial charge >= 0.3 is 0 Å². The van der Waals surface area contributed by atoms with E-state index in [4.69, 9.17) is 9.84 Å². The van der Waals surface area contributed by atoms with E-state index in [1.165, 1.54) is 0 Å². The van der Waals surface area contributed by atoms with Crippen LogP contribution in [0.2, 0.25) is 0 Å². The lowest BCUT2D eigenvalue weighted by Crippen LogP contribution is -2.32. The van der Waals surface area contributed by atoms with Crippen molar-refractivity contribution in [2.75, 3.05) is 7.11 Å². The summed E-state index contributed by atoms with van der Waals surface area (Å²) in [7, 11) is 3.56. The van der Waals surface area contributed by atoms with Crippen molar-refractivity contribution in [3.8, 4) is 11.4 Å². The SMILES string of the molecule is COc1ccc([C@@H](NC(=O)c2nn(-c3ccccc3)c3c2CCC3)c2nccn2C)cc1. The van der Waals surface area contributed by atoms with Gasteiger partial charge in [-0.25, -0.2) is 9.67 Å². The van der Waals surface area contributed by atoms with Crippen molar-refractivity contribution in [1.29, 1.82) is 0 Å². The van der Waals surface area contributed by atoms with Gasteiger partial charge in [-0.05, 0) is 49.1 Å². The summed E-state index contributed by atoms with van der Waals surface area (Å²) in [6.45, 7) is 0. The van der Waals surface area contributed by atoms with E-state index in [-0.39, 0.29) is 5.91 Å². The number of nitrogens with zero attached hydrogens (tertiary/aromatic N) is 4. The molecule has 7 heteroatoms. The highest BCUT2D eigenvalue weighted by Gasteiger charge is 2.29. The molecule has 1 amide bonds. The molecule has 4 aromatic rings. The Labute approximate surface area is 186 Å². The lowest BCUT2D eigenvalue weighted by molar-refractivity contribution is 0.0934. The second-order valence-corrected chi connectivity index (χ2v) is 7.95. The van der Waals surface area contributed by atoms with Crippen LogP contribution in [-0.4, -0.2) is 32.3 Å². The van der Waals surface area contributed by atoms with Crippen LogP contribution in [0.1, 0.15) is 45.6 Å². The second-order valence-electron chi connectivity index (χ2n) is 7.95. The molecule has 1 N–H and O–H groups in total. The number of hydrogen-bond acceptors (Lipinski definition) is 4. The highest BCUT2D eigenvalue weighted by molar-refractivity contribution is 5.94. The Morgan fingerprint density at radius 3 is 2.56 bits per heavy atom. The topological polar surface area (TPSA) is 74.0 Å². The molecule has 0 saturated carbocycles. The van der Waals surface area contributed by atoms with Crippen molar-refractivity contribution in [3.63, 3.8) is 0 Å². The van der Waals surface area contributed by atoms with Crippen LogP contribution >= 0.6 is 0 Å². The fraction of sp³-hybridized carbons (Fsp3) is 0.240. The molecular weight excluding hydrogens is 402 g/mol. The molecule has 0 fully saturated rings. The number of amides is 1. The number of nitrogens with one attached hydrogen (secondary N) is 1. The van der Waals surface area contributed by atoms with Gasteiger partial charge in [-0.15, -0.1) is 0 Å². The van der Waals surface area contributed by atoms with Gasteiger partial charge in [0.15, 0.2) is 5.69 Å². The highest BCUT2D eigenvalue weighted by Crippen LogP contribution is 2.29. The van der Waals surface area contributed by atoms with Gasteiger partial charge in [0, 0.05) is 30.7 Å². The van der Waals surface area contributed by atoms with Crippen LogP contribution in [-0.2, 0) is 19.9 Å². The third-order valence-corrected chi connectivity index (χ3v) is 5.99. The first-order chi connectivity index (χ1) is 15.7. The molecule has 2 aromatic heterocycles. The van der Waals surface area contributed by atoms with Crippen molar-refractivity contribution in [2.24, 2.45) is 7.05 Å². The summed E-state index contributed by atoms with van der Waals surface area (Å²) >= 11 is 0. The van der Waals surface area contributed by atoms with Crippen molar-refractivity contribution < 1.29 is 9.53 Å². The first-order valence-corrected chi connectivity index (χ1v) is 10.7. The maximum Gasteiger partial charge on any atom is 0.272 e. The molecule has 1 aliphatic rings. The number of aryl methyl sites for hydroxylation is 1. The van der Waals surface area contributed by atoms with E-state index >= 15 is 0 Å². The predicted octanol–water partition coefficient (Wildman–Crippen LogP) is 3.62. The fourth-order valence-electron chi connectivity index (χ4n) is 4.35. The number of hydrogen-bond donors (Lipinski definition) is 1. The van der Waals surface area contributed by atoms with E-state index in [1.807, 2.05) is 77.1 Å². The quantitative estimate of drug-likeness (QED) is 0.510. The number of carbonyl (C=O) groups is 1. The number of carbonyl (C=O) groups excluding carboxylic acids is 1. The van der Waals surface area contributed by atoms with Crippen molar-refractivity contribution in [3.05, 3.63) is 95.3 Å². The van der Waals surface area contributed by atoms with Crippen LogP contribution in [0.4, 0.5) is 0 Å². The normalized spacial score (nSPS) is 13.6. The molecule has 162 valence electrons. The summed E-state index contributed by atoms with van der Waals surface area (Å²) in [6, 6.07) is 17.2. The summed E-state index contributed by atoms with van der Waals surface area (Å²) in [6.07, 6.45) is 6.42. The molecule has 0 bridgehead atoms. The minimum Gasteiger partial charge on any atom is -0.497 e. The molecule has 1 atom stereocenters. The first kappa shape index (κ1) is 20.1. The summed E-state index contributed by atoms with van der Waals surface area (Å²) in [5.74, 6) is 1.32. The Bertz CT molecular complexity index is 1240. The zero-order valence-corrected chi connectivity index (χ0v) is 18.2. The monoisotopic (exact) mass is 427 g/mol. The Morgan fingerprint density at radius 1 is 1.09 bits per heavy atom. The van der Waals surface area contributed by atoms with Gasteiger partial charge in [0.25, 0.3) is 5.91 Å². The number of fused-ring (bicyclic) bond motifs is 1. The van der Waals surface area contributed by atoms with Gasteiger partial charge < -0.3 is 14.6 Å². The van der Waals surface area contributed by atoms with Gasteiger partial charge in [0.1, 0.15) is 17.6 Å². The molecule has 5 rings (SSSR count). The smallest absolute Gasteiger partial charge is 0.272 e. The van der Waals surface area contributed by atoms with Crippen molar-refractivity contribution in [1.82, 2.24) is 24.6 Å². The molecule has 2 heterocycles. The van der Waals surface area contributed by atoms with E-state index in [0.717, 1.165) is 53.3 Å². The molecule has 32 heavy (non-hydrogen) atoms. The summed E-state index contributed by atoms with van der Waals surface area (Å²) in [5.41, 5.74) is 4.56. The minimum absolute atomic E-state index is 0.193. The maximum absolute atomic E-state index is 13.5. The van der Waals surface area contributed by atoms with Crippen LogP contribution in [0.3, 0.4) is 0 Å².